The molecule has 1 rings (SSSR count). The van der Waals surface area contributed by atoms with Crippen molar-refractivity contribution in [2.75, 3.05) is 7.11 Å². The molecule has 0 unspecified atom stereocenters. The summed E-state index contributed by atoms with van der Waals surface area (Å²) in [7, 11) is 1.59. The van der Waals surface area contributed by atoms with Crippen molar-refractivity contribution in [3.63, 3.8) is 0 Å². The Kier molecular flexibility index (Phi) is 4.14. The average Bonchev–Trinajstić information content (AvgIpc) is 2.19. The molecule has 0 fully saturated rings. The van der Waals surface area contributed by atoms with Crippen molar-refractivity contribution >= 4 is 21.7 Å². The van der Waals surface area contributed by atoms with E-state index >= 15 is 0 Å². The van der Waals surface area contributed by atoms with Crippen LogP contribution in [0.1, 0.15) is 30.1 Å². The van der Waals surface area contributed by atoms with Crippen molar-refractivity contribution < 1.29 is 9.53 Å². The highest BCUT2D eigenvalue weighted by molar-refractivity contribution is 9.10. The first kappa shape index (κ1) is 11.2. The molecule has 0 atom stereocenters. The summed E-state index contributed by atoms with van der Waals surface area (Å²) in [5.74, 6) is 0.866. The topological polar surface area (TPSA) is 26.3 Å². The number of halogens is 1. The summed E-state index contributed by atoms with van der Waals surface area (Å²) in [6.07, 6.45) is 1.46. The van der Waals surface area contributed by atoms with Crippen molar-refractivity contribution in [3.05, 3.63) is 28.2 Å². The van der Waals surface area contributed by atoms with Gasteiger partial charge in [0, 0.05) is 12.0 Å². The van der Waals surface area contributed by atoms with Gasteiger partial charge >= 0.3 is 0 Å². The highest BCUT2D eigenvalue weighted by Crippen LogP contribution is 2.26. The fraction of sp³-hybridized carbons (Fsp3) is 0.364. The smallest absolute Gasteiger partial charge is 0.163 e. The van der Waals surface area contributed by atoms with Crippen LogP contribution in [0.3, 0.4) is 0 Å². The first-order valence-corrected chi connectivity index (χ1v) is 5.35. The van der Waals surface area contributed by atoms with Crippen molar-refractivity contribution in [1.82, 2.24) is 0 Å². The molecule has 0 aliphatic heterocycles. The lowest BCUT2D eigenvalue weighted by Crippen LogP contribution is -1.98. The third-order valence-corrected chi connectivity index (χ3v) is 2.61. The first-order valence-electron chi connectivity index (χ1n) is 4.55. The van der Waals surface area contributed by atoms with E-state index in [1.165, 1.54) is 0 Å². The standard InChI is InChI=1S/C11H13BrO2/c1-3-4-10(13)8-5-6-9(12)11(7-8)14-2/h5-7H,3-4H2,1-2H3. The molecule has 0 saturated carbocycles. The van der Waals surface area contributed by atoms with Crippen LogP contribution >= 0.6 is 15.9 Å². The molecule has 0 aliphatic rings. The molecule has 0 amide bonds. The predicted octanol–water partition coefficient (Wildman–Crippen LogP) is 3.44. The SMILES string of the molecule is CCCC(=O)c1ccc(Br)c(OC)c1. The summed E-state index contributed by atoms with van der Waals surface area (Å²) >= 11 is 3.34. The van der Waals surface area contributed by atoms with E-state index in [4.69, 9.17) is 4.74 Å². The maximum atomic E-state index is 11.6. The van der Waals surface area contributed by atoms with E-state index < -0.39 is 0 Å². The molecule has 2 nitrogen and oxygen atoms in total. The summed E-state index contributed by atoms with van der Waals surface area (Å²) in [6.45, 7) is 1.99. The summed E-state index contributed by atoms with van der Waals surface area (Å²) in [6, 6.07) is 5.41. The van der Waals surface area contributed by atoms with Gasteiger partial charge in [0.1, 0.15) is 5.75 Å². The van der Waals surface area contributed by atoms with E-state index in [-0.39, 0.29) is 5.78 Å². The third kappa shape index (κ3) is 2.58. The molecule has 0 aromatic heterocycles. The predicted molar refractivity (Wildman–Crippen MR) is 59.9 cm³/mol. The number of carbonyl (C=O) groups excluding carboxylic acids is 1. The van der Waals surface area contributed by atoms with E-state index in [1.54, 1.807) is 13.2 Å². The molecule has 0 radical (unpaired) electrons. The van der Waals surface area contributed by atoms with Gasteiger partial charge < -0.3 is 4.74 Å². The van der Waals surface area contributed by atoms with E-state index in [9.17, 15) is 4.79 Å². The first-order chi connectivity index (χ1) is 6.69. The highest BCUT2D eigenvalue weighted by atomic mass is 79.9. The number of hydrogen-bond acceptors (Lipinski definition) is 2. The zero-order chi connectivity index (χ0) is 10.6. The normalized spacial score (nSPS) is 9.93. The number of ketones is 1. The Morgan fingerprint density at radius 3 is 2.79 bits per heavy atom. The zero-order valence-electron chi connectivity index (χ0n) is 8.34. The third-order valence-electron chi connectivity index (χ3n) is 1.95. The Hall–Kier alpha value is -0.830. The van der Waals surface area contributed by atoms with Gasteiger partial charge in [0.2, 0.25) is 0 Å². The number of ether oxygens (including phenoxy) is 1. The quantitative estimate of drug-likeness (QED) is 0.772. The van der Waals surface area contributed by atoms with Crippen molar-refractivity contribution in [2.45, 2.75) is 19.8 Å². The van der Waals surface area contributed by atoms with Crippen LogP contribution < -0.4 is 4.74 Å². The fourth-order valence-corrected chi connectivity index (χ4v) is 1.61. The maximum Gasteiger partial charge on any atom is 0.163 e. The van der Waals surface area contributed by atoms with Crippen molar-refractivity contribution in [1.29, 1.82) is 0 Å². The summed E-state index contributed by atoms with van der Waals surface area (Å²) in [5, 5.41) is 0. The number of methoxy groups -OCH3 is 1. The monoisotopic (exact) mass is 256 g/mol. The molecule has 0 N–H and O–H groups in total. The van der Waals surface area contributed by atoms with Gasteiger partial charge in [-0.1, -0.05) is 13.0 Å². The minimum atomic E-state index is 0.165. The maximum absolute atomic E-state index is 11.6. The summed E-state index contributed by atoms with van der Waals surface area (Å²) in [5.41, 5.74) is 0.715. The van der Waals surface area contributed by atoms with Crippen LogP contribution in [0.15, 0.2) is 22.7 Å². The van der Waals surface area contributed by atoms with Crippen molar-refractivity contribution in [3.8, 4) is 5.75 Å². The molecular weight excluding hydrogens is 244 g/mol. The van der Waals surface area contributed by atoms with E-state index in [2.05, 4.69) is 15.9 Å². The Bertz CT molecular complexity index is 334. The van der Waals surface area contributed by atoms with Gasteiger partial charge in [0.25, 0.3) is 0 Å². The Balaban J connectivity index is 2.94. The van der Waals surface area contributed by atoms with E-state index in [0.29, 0.717) is 17.7 Å². The number of rotatable bonds is 4. The molecule has 0 spiro atoms. The minimum absolute atomic E-state index is 0.165. The van der Waals surface area contributed by atoms with Gasteiger partial charge in [-0.05, 0) is 34.5 Å². The molecule has 0 bridgehead atoms. The largest absolute Gasteiger partial charge is 0.496 e. The molecular formula is C11H13BrO2. The van der Waals surface area contributed by atoms with Gasteiger partial charge in [-0.25, -0.2) is 0 Å². The lowest BCUT2D eigenvalue weighted by Gasteiger charge is -2.05. The lowest BCUT2D eigenvalue weighted by molar-refractivity contribution is 0.0981. The Morgan fingerprint density at radius 1 is 1.50 bits per heavy atom. The minimum Gasteiger partial charge on any atom is -0.496 e. The Morgan fingerprint density at radius 2 is 2.21 bits per heavy atom. The number of carbonyl (C=O) groups is 1. The van der Waals surface area contributed by atoms with Gasteiger partial charge in [-0.15, -0.1) is 0 Å². The van der Waals surface area contributed by atoms with Crippen LogP contribution in [0.25, 0.3) is 0 Å². The van der Waals surface area contributed by atoms with Crippen molar-refractivity contribution in [2.24, 2.45) is 0 Å². The van der Waals surface area contributed by atoms with Crippen LogP contribution in [0.4, 0.5) is 0 Å². The lowest BCUT2D eigenvalue weighted by atomic mass is 10.1. The molecule has 76 valence electrons. The molecule has 0 heterocycles. The van der Waals surface area contributed by atoms with Crippen LogP contribution in [0.2, 0.25) is 0 Å². The average molecular weight is 257 g/mol. The fourth-order valence-electron chi connectivity index (χ4n) is 1.20. The van der Waals surface area contributed by atoms with Gasteiger partial charge in [0.05, 0.1) is 11.6 Å². The van der Waals surface area contributed by atoms with E-state index in [1.807, 2.05) is 19.1 Å². The zero-order valence-corrected chi connectivity index (χ0v) is 9.93. The second-order valence-corrected chi connectivity index (χ2v) is 3.88. The number of Topliss-reactive ketones (excluding diaryl/α,β-unsaturated/α-hetero) is 1. The van der Waals surface area contributed by atoms with Crippen LogP contribution in [-0.2, 0) is 0 Å². The molecule has 0 aliphatic carbocycles. The van der Waals surface area contributed by atoms with Gasteiger partial charge in [-0.3, -0.25) is 4.79 Å². The Labute approximate surface area is 92.4 Å². The van der Waals surface area contributed by atoms with E-state index in [0.717, 1.165) is 10.9 Å². The number of benzene rings is 1. The van der Waals surface area contributed by atoms with Gasteiger partial charge in [-0.2, -0.15) is 0 Å². The van der Waals surface area contributed by atoms with Gasteiger partial charge in [0.15, 0.2) is 5.78 Å². The van der Waals surface area contributed by atoms with Crippen LogP contribution in [0, 0.1) is 0 Å². The highest BCUT2D eigenvalue weighted by Gasteiger charge is 2.07. The molecule has 3 heteroatoms. The molecule has 1 aromatic rings. The molecule has 1 aromatic carbocycles. The summed E-state index contributed by atoms with van der Waals surface area (Å²) < 4.78 is 5.98. The molecule has 14 heavy (non-hydrogen) atoms. The molecule has 0 saturated heterocycles. The second kappa shape index (κ2) is 5.15. The van der Waals surface area contributed by atoms with Crippen LogP contribution in [0.5, 0.6) is 5.75 Å². The second-order valence-electron chi connectivity index (χ2n) is 3.02. The number of hydrogen-bond donors (Lipinski definition) is 0. The summed E-state index contributed by atoms with van der Waals surface area (Å²) in [4.78, 5) is 11.6. The van der Waals surface area contributed by atoms with Crippen LogP contribution in [-0.4, -0.2) is 12.9 Å².